The summed E-state index contributed by atoms with van der Waals surface area (Å²) < 4.78 is 9.98. The Morgan fingerprint density at radius 1 is 1.58 bits per heavy atom. The highest BCUT2D eigenvalue weighted by molar-refractivity contribution is 5.85. The van der Waals surface area contributed by atoms with E-state index in [9.17, 15) is 0 Å². The normalized spacial score (nSPS) is 9.42. The SMILES string of the molecule is COCCNCc1ccco1.Cl. The van der Waals surface area contributed by atoms with Crippen molar-refractivity contribution in [3.05, 3.63) is 24.2 Å². The van der Waals surface area contributed by atoms with Crippen LogP contribution in [0.3, 0.4) is 0 Å². The quantitative estimate of drug-likeness (QED) is 0.716. The molecule has 0 atom stereocenters. The minimum Gasteiger partial charge on any atom is -0.468 e. The van der Waals surface area contributed by atoms with E-state index in [0.717, 1.165) is 25.5 Å². The maximum atomic E-state index is 5.11. The molecule has 0 saturated carbocycles. The Labute approximate surface area is 78.5 Å². The number of furan rings is 1. The van der Waals surface area contributed by atoms with Crippen molar-refractivity contribution in [3.63, 3.8) is 0 Å². The van der Waals surface area contributed by atoms with Crippen molar-refractivity contribution in [3.8, 4) is 0 Å². The lowest BCUT2D eigenvalue weighted by Gasteiger charge is -1.99. The van der Waals surface area contributed by atoms with E-state index in [0.29, 0.717) is 0 Å². The predicted molar refractivity (Wildman–Crippen MR) is 49.5 cm³/mol. The molecule has 0 aliphatic carbocycles. The lowest BCUT2D eigenvalue weighted by atomic mass is 10.4. The van der Waals surface area contributed by atoms with Crippen LogP contribution >= 0.6 is 12.4 Å². The number of hydrogen-bond donors (Lipinski definition) is 1. The van der Waals surface area contributed by atoms with E-state index in [-0.39, 0.29) is 12.4 Å². The lowest BCUT2D eigenvalue weighted by Crippen LogP contribution is -2.18. The van der Waals surface area contributed by atoms with E-state index >= 15 is 0 Å². The highest BCUT2D eigenvalue weighted by Crippen LogP contribution is 1.97. The number of halogens is 1. The maximum Gasteiger partial charge on any atom is 0.117 e. The van der Waals surface area contributed by atoms with Crippen LogP contribution in [0.4, 0.5) is 0 Å². The second-order valence-corrected chi connectivity index (χ2v) is 2.25. The second-order valence-electron chi connectivity index (χ2n) is 2.25. The highest BCUT2D eigenvalue weighted by atomic mass is 35.5. The fraction of sp³-hybridized carbons (Fsp3) is 0.500. The number of nitrogens with one attached hydrogen (secondary N) is 1. The average Bonchev–Trinajstić information content (AvgIpc) is 2.50. The Morgan fingerprint density at radius 2 is 2.42 bits per heavy atom. The number of methoxy groups -OCH3 is 1. The summed E-state index contributed by atoms with van der Waals surface area (Å²) in [6.45, 7) is 2.37. The maximum absolute atomic E-state index is 5.11. The van der Waals surface area contributed by atoms with E-state index in [1.165, 1.54) is 0 Å². The molecule has 70 valence electrons. The van der Waals surface area contributed by atoms with Crippen LogP contribution in [0, 0.1) is 0 Å². The van der Waals surface area contributed by atoms with E-state index in [1.807, 2.05) is 12.1 Å². The molecule has 0 spiro atoms. The van der Waals surface area contributed by atoms with Gasteiger partial charge in [-0.25, -0.2) is 0 Å². The summed E-state index contributed by atoms with van der Waals surface area (Å²) >= 11 is 0. The Bertz CT molecular complexity index is 177. The van der Waals surface area contributed by atoms with Crippen LogP contribution in [0.25, 0.3) is 0 Å². The smallest absolute Gasteiger partial charge is 0.117 e. The Kier molecular flexibility index (Phi) is 6.85. The van der Waals surface area contributed by atoms with Gasteiger partial charge in [0.15, 0.2) is 0 Å². The van der Waals surface area contributed by atoms with Crippen molar-refractivity contribution < 1.29 is 9.15 Å². The van der Waals surface area contributed by atoms with Crippen molar-refractivity contribution >= 4 is 12.4 Å². The highest BCUT2D eigenvalue weighted by Gasteiger charge is 1.92. The van der Waals surface area contributed by atoms with Gasteiger partial charge in [-0.15, -0.1) is 12.4 Å². The molecular weight excluding hydrogens is 178 g/mol. The molecule has 3 nitrogen and oxygen atoms in total. The molecule has 0 aliphatic heterocycles. The number of ether oxygens (including phenoxy) is 1. The lowest BCUT2D eigenvalue weighted by molar-refractivity contribution is 0.198. The van der Waals surface area contributed by atoms with Gasteiger partial charge in [-0.3, -0.25) is 0 Å². The third kappa shape index (κ3) is 4.38. The van der Waals surface area contributed by atoms with Gasteiger partial charge in [-0.1, -0.05) is 0 Å². The molecule has 0 aromatic carbocycles. The molecule has 0 fully saturated rings. The monoisotopic (exact) mass is 191 g/mol. The van der Waals surface area contributed by atoms with Crippen molar-refractivity contribution in [2.45, 2.75) is 6.54 Å². The van der Waals surface area contributed by atoms with Crippen molar-refractivity contribution in [1.82, 2.24) is 5.32 Å². The van der Waals surface area contributed by atoms with Gasteiger partial charge in [-0.05, 0) is 12.1 Å². The fourth-order valence-electron chi connectivity index (χ4n) is 0.799. The Balaban J connectivity index is 0.00000121. The van der Waals surface area contributed by atoms with Crippen molar-refractivity contribution in [1.29, 1.82) is 0 Å². The third-order valence-corrected chi connectivity index (χ3v) is 1.36. The van der Waals surface area contributed by atoms with Crippen LogP contribution in [0.15, 0.2) is 22.8 Å². The summed E-state index contributed by atoms with van der Waals surface area (Å²) in [7, 11) is 1.69. The van der Waals surface area contributed by atoms with Crippen LogP contribution in [-0.4, -0.2) is 20.3 Å². The summed E-state index contributed by atoms with van der Waals surface area (Å²) in [6.07, 6.45) is 1.67. The molecule has 1 aromatic heterocycles. The largest absolute Gasteiger partial charge is 0.468 e. The summed E-state index contributed by atoms with van der Waals surface area (Å²) in [6, 6.07) is 3.83. The first-order chi connectivity index (χ1) is 5.43. The molecule has 4 heteroatoms. The molecule has 1 heterocycles. The molecule has 0 amide bonds. The standard InChI is InChI=1S/C8H13NO2.ClH/c1-10-6-4-9-7-8-3-2-5-11-8;/h2-3,5,9H,4,6-7H2,1H3;1H. The summed E-state index contributed by atoms with van der Waals surface area (Å²) in [5, 5.41) is 3.17. The van der Waals surface area contributed by atoms with Gasteiger partial charge in [0.25, 0.3) is 0 Å². The van der Waals surface area contributed by atoms with E-state index in [2.05, 4.69) is 5.32 Å². The van der Waals surface area contributed by atoms with Crippen molar-refractivity contribution in [2.24, 2.45) is 0 Å². The zero-order chi connectivity index (χ0) is 7.94. The van der Waals surface area contributed by atoms with Gasteiger partial charge in [-0.2, -0.15) is 0 Å². The molecule has 0 unspecified atom stereocenters. The van der Waals surface area contributed by atoms with E-state index in [4.69, 9.17) is 9.15 Å². The van der Waals surface area contributed by atoms with Crippen LogP contribution < -0.4 is 5.32 Å². The van der Waals surface area contributed by atoms with E-state index < -0.39 is 0 Å². The van der Waals surface area contributed by atoms with Crippen LogP contribution in [-0.2, 0) is 11.3 Å². The molecule has 0 aliphatic rings. The zero-order valence-electron chi connectivity index (χ0n) is 7.08. The van der Waals surface area contributed by atoms with Crippen molar-refractivity contribution in [2.75, 3.05) is 20.3 Å². The second kappa shape index (κ2) is 7.16. The molecule has 0 saturated heterocycles. The van der Waals surface area contributed by atoms with Gasteiger partial charge in [0.05, 0.1) is 19.4 Å². The molecule has 1 rings (SSSR count). The summed E-state index contributed by atoms with van der Waals surface area (Å²) in [5.74, 6) is 0.959. The number of hydrogen-bond acceptors (Lipinski definition) is 3. The zero-order valence-corrected chi connectivity index (χ0v) is 7.89. The fourth-order valence-corrected chi connectivity index (χ4v) is 0.799. The molecule has 0 bridgehead atoms. The predicted octanol–water partition coefficient (Wildman–Crippen LogP) is 1.44. The van der Waals surface area contributed by atoms with Crippen LogP contribution in [0.1, 0.15) is 5.76 Å². The molecular formula is C8H14ClNO2. The van der Waals surface area contributed by atoms with Gasteiger partial charge in [0.1, 0.15) is 5.76 Å². The van der Waals surface area contributed by atoms with Gasteiger partial charge in [0, 0.05) is 13.7 Å². The Hall–Kier alpha value is -0.510. The number of rotatable bonds is 5. The first-order valence-corrected chi connectivity index (χ1v) is 3.65. The third-order valence-electron chi connectivity index (χ3n) is 1.36. The van der Waals surface area contributed by atoms with Crippen LogP contribution in [0.5, 0.6) is 0 Å². The summed E-state index contributed by atoms with van der Waals surface area (Å²) in [4.78, 5) is 0. The van der Waals surface area contributed by atoms with Gasteiger partial charge in [0.2, 0.25) is 0 Å². The first-order valence-electron chi connectivity index (χ1n) is 3.65. The minimum atomic E-state index is 0. The molecule has 1 N–H and O–H groups in total. The average molecular weight is 192 g/mol. The van der Waals surface area contributed by atoms with Gasteiger partial charge < -0.3 is 14.5 Å². The van der Waals surface area contributed by atoms with Crippen LogP contribution in [0.2, 0.25) is 0 Å². The minimum absolute atomic E-state index is 0. The van der Waals surface area contributed by atoms with E-state index in [1.54, 1.807) is 13.4 Å². The first kappa shape index (κ1) is 11.5. The summed E-state index contributed by atoms with van der Waals surface area (Å²) in [5.41, 5.74) is 0. The Morgan fingerprint density at radius 3 is 3.00 bits per heavy atom. The van der Waals surface area contributed by atoms with Gasteiger partial charge >= 0.3 is 0 Å². The molecule has 0 radical (unpaired) electrons. The molecule has 12 heavy (non-hydrogen) atoms. The molecule has 1 aromatic rings. The topological polar surface area (TPSA) is 34.4 Å².